The predicted octanol–water partition coefficient (Wildman–Crippen LogP) is 2.72. The fraction of sp³-hybridized carbons (Fsp3) is 0.400. The Morgan fingerprint density at radius 3 is 2.71 bits per heavy atom. The standard InChI is InChI=1S/C15H16ClN3O2/c1-3-15(11-5-6-12(16)10(2)9-11)13(20)19(8-4-7-17)14(21)18-15/h5-6,9H,3-4,8H2,1-2H3,(H,18,21). The van der Waals surface area contributed by atoms with Crippen LogP contribution in [-0.4, -0.2) is 23.4 Å². The quantitative estimate of drug-likeness (QED) is 0.869. The molecule has 1 aliphatic rings. The van der Waals surface area contributed by atoms with Crippen molar-refractivity contribution in [2.45, 2.75) is 32.2 Å². The molecule has 0 saturated carbocycles. The molecule has 1 fully saturated rings. The molecule has 1 atom stereocenters. The Hall–Kier alpha value is -2.06. The van der Waals surface area contributed by atoms with Crippen LogP contribution in [0.1, 0.15) is 30.9 Å². The number of rotatable bonds is 4. The molecule has 5 nitrogen and oxygen atoms in total. The molecule has 1 unspecified atom stereocenters. The van der Waals surface area contributed by atoms with E-state index in [0.29, 0.717) is 17.0 Å². The normalized spacial score (nSPS) is 21.3. The topological polar surface area (TPSA) is 73.2 Å². The van der Waals surface area contributed by atoms with E-state index >= 15 is 0 Å². The summed E-state index contributed by atoms with van der Waals surface area (Å²) in [6, 6.07) is 6.79. The Morgan fingerprint density at radius 1 is 1.43 bits per heavy atom. The largest absolute Gasteiger partial charge is 0.325 e. The van der Waals surface area contributed by atoms with Gasteiger partial charge in [-0.15, -0.1) is 0 Å². The van der Waals surface area contributed by atoms with Crippen molar-refractivity contribution in [2.24, 2.45) is 0 Å². The first-order valence-corrected chi connectivity index (χ1v) is 7.11. The molecule has 21 heavy (non-hydrogen) atoms. The molecule has 0 spiro atoms. The highest BCUT2D eigenvalue weighted by molar-refractivity contribution is 6.31. The molecule has 3 amide bonds. The number of benzene rings is 1. The Labute approximate surface area is 128 Å². The van der Waals surface area contributed by atoms with E-state index in [1.54, 1.807) is 12.1 Å². The number of nitriles is 1. The Kier molecular flexibility index (Phi) is 4.19. The van der Waals surface area contributed by atoms with Crippen LogP contribution in [0.3, 0.4) is 0 Å². The van der Waals surface area contributed by atoms with Gasteiger partial charge < -0.3 is 5.32 Å². The maximum absolute atomic E-state index is 12.7. The van der Waals surface area contributed by atoms with Crippen LogP contribution in [0.25, 0.3) is 0 Å². The zero-order chi connectivity index (χ0) is 15.6. The first-order chi connectivity index (χ1) is 9.96. The second-order valence-corrected chi connectivity index (χ2v) is 5.43. The Morgan fingerprint density at radius 2 is 2.14 bits per heavy atom. The maximum atomic E-state index is 12.7. The average molecular weight is 306 g/mol. The lowest BCUT2D eigenvalue weighted by Crippen LogP contribution is -2.43. The lowest BCUT2D eigenvalue weighted by Gasteiger charge is -2.26. The number of carbonyl (C=O) groups excluding carboxylic acids is 2. The molecule has 1 heterocycles. The second-order valence-electron chi connectivity index (χ2n) is 5.02. The molecule has 0 aliphatic carbocycles. The number of amides is 3. The summed E-state index contributed by atoms with van der Waals surface area (Å²) < 4.78 is 0. The molecular formula is C15H16ClN3O2. The number of nitrogens with zero attached hydrogens (tertiary/aromatic N) is 2. The van der Waals surface area contributed by atoms with Gasteiger partial charge in [0.2, 0.25) is 0 Å². The fourth-order valence-electron chi connectivity index (χ4n) is 2.54. The van der Waals surface area contributed by atoms with Crippen LogP contribution in [0, 0.1) is 18.3 Å². The van der Waals surface area contributed by atoms with Gasteiger partial charge in [-0.2, -0.15) is 5.26 Å². The molecule has 110 valence electrons. The summed E-state index contributed by atoms with van der Waals surface area (Å²) in [6.07, 6.45) is 0.556. The summed E-state index contributed by atoms with van der Waals surface area (Å²) in [6.45, 7) is 3.80. The van der Waals surface area contributed by atoms with Gasteiger partial charge in [0.05, 0.1) is 12.5 Å². The first-order valence-electron chi connectivity index (χ1n) is 6.74. The third-order valence-electron chi connectivity index (χ3n) is 3.80. The maximum Gasteiger partial charge on any atom is 0.325 e. The molecule has 1 aliphatic heterocycles. The van der Waals surface area contributed by atoms with Gasteiger partial charge in [-0.05, 0) is 30.5 Å². The molecular weight excluding hydrogens is 290 g/mol. The Bertz CT molecular complexity index is 638. The minimum atomic E-state index is -1.07. The number of imide groups is 1. The van der Waals surface area contributed by atoms with Crippen molar-refractivity contribution in [3.05, 3.63) is 34.3 Å². The predicted molar refractivity (Wildman–Crippen MR) is 78.6 cm³/mol. The fourth-order valence-corrected chi connectivity index (χ4v) is 2.66. The summed E-state index contributed by atoms with van der Waals surface area (Å²) in [5.74, 6) is -0.313. The molecule has 1 aromatic carbocycles. The molecule has 1 N–H and O–H groups in total. The number of nitrogens with one attached hydrogen (secondary N) is 1. The van der Waals surface area contributed by atoms with Crippen LogP contribution in [0.15, 0.2) is 18.2 Å². The first kappa shape index (κ1) is 15.3. The van der Waals surface area contributed by atoms with Crippen molar-refractivity contribution >= 4 is 23.5 Å². The minimum absolute atomic E-state index is 0.107. The second kappa shape index (κ2) is 5.74. The van der Waals surface area contributed by atoms with Crippen molar-refractivity contribution in [3.8, 4) is 6.07 Å². The van der Waals surface area contributed by atoms with Crippen LogP contribution < -0.4 is 5.32 Å². The van der Waals surface area contributed by atoms with E-state index in [9.17, 15) is 9.59 Å². The van der Waals surface area contributed by atoms with Gasteiger partial charge in [-0.3, -0.25) is 9.69 Å². The van der Waals surface area contributed by atoms with Crippen LogP contribution in [-0.2, 0) is 10.3 Å². The lowest BCUT2D eigenvalue weighted by molar-refractivity contribution is -0.131. The van der Waals surface area contributed by atoms with Gasteiger partial charge in [0, 0.05) is 11.6 Å². The lowest BCUT2D eigenvalue weighted by atomic mass is 9.86. The zero-order valence-electron chi connectivity index (χ0n) is 11.9. The van der Waals surface area contributed by atoms with Gasteiger partial charge in [0.15, 0.2) is 0 Å². The van der Waals surface area contributed by atoms with E-state index in [1.807, 2.05) is 26.0 Å². The summed E-state index contributed by atoms with van der Waals surface area (Å²) in [4.78, 5) is 25.8. The zero-order valence-corrected chi connectivity index (χ0v) is 12.7. The van der Waals surface area contributed by atoms with Gasteiger partial charge in [0.1, 0.15) is 5.54 Å². The summed E-state index contributed by atoms with van der Waals surface area (Å²) >= 11 is 6.02. The van der Waals surface area contributed by atoms with Gasteiger partial charge >= 0.3 is 6.03 Å². The van der Waals surface area contributed by atoms with Crippen molar-refractivity contribution in [1.82, 2.24) is 10.2 Å². The minimum Gasteiger partial charge on any atom is -0.319 e. The van der Waals surface area contributed by atoms with E-state index in [2.05, 4.69) is 5.32 Å². The van der Waals surface area contributed by atoms with Crippen LogP contribution in [0.2, 0.25) is 5.02 Å². The Balaban J connectivity index is 2.43. The van der Waals surface area contributed by atoms with Gasteiger partial charge in [-0.25, -0.2) is 4.79 Å². The van der Waals surface area contributed by atoms with Crippen LogP contribution >= 0.6 is 11.6 Å². The van der Waals surface area contributed by atoms with Crippen molar-refractivity contribution in [3.63, 3.8) is 0 Å². The number of hydrogen-bond donors (Lipinski definition) is 1. The molecule has 0 radical (unpaired) electrons. The van der Waals surface area contributed by atoms with Crippen molar-refractivity contribution in [1.29, 1.82) is 5.26 Å². The molecule has 2 rings (SSSR count). The third-order valence-corrected chi connectivity index (χ3v) is 4.23. The molecule has 6 heteroatoms. The number of carbonyl (C=O) groups is 2. The van der Waals surface area contributed by atoms with E-state index in [4.69, 9.17) is 16.9 Å². The number of urea groups is 1. The summed E-state index contributed by atoms with van der Waals surface area (Å²) in [5.41, 5.74) is 0.492. The molecule has 1 saturated heterocycles. The van der Waals surface area contributed by atoms with Crippen molar-refractivity contribution in [2.75, 3.05) is 6.54 Å². The highest BCUT2D eigenvalue weighted by atomic mass is 35.5. The molecule has 0 aromatic heterocycles. The van der Waals surface area contributed by atoms with Crippen molar-refractivity contribution < 1.29 is 9.59 Å². The smallest absolute Gasteiger partial charge is 0.319 e. The third kappa shape index (κ3) is 2.47. The van der Waals surface area contributed by atoms with Crippen LogP contribution in [0.5, 0.6) is 0 Å². The molecule has 0 bridgehead atoms. The summed E-state index contributed by atoms with van der Waals surface area (Å²) in [5, 5.41) is 12.0. The van der Waals surface area contributed by atoms with E-state index in [0.717, 1.165) is 10.5 Å². The number of hydrogen-bond acceptors (Lipinski definition) is 3. The number of aryl methyl sites for hydroxylation is 1. The van der Waals surface area contributed by atoms with Gasteiger partial charge in [0.25, 0.3) is 5.91 Å². The van der Waals surface area contributed by atoms with Crippen LogP contribution in [0.4, 0.5) is 4.79 Å². The number of halogens is 1. The SMILES string of the molecule is CCC1(c2ccc(Cl)c(C)c2)NC(=O)N(CCC#N)C1=O. The van der Waals surface area contributed by atoms with E-state index < -0.39 is 11.6 Å². The van der Waals surface area contributed by atoms with E-state index in [1.165, 1.54) is 0 Å². The summed E-state index contributed by atoms with van der Waals surface area (Å²) in [7, 11) is 0. The molecule has 1 aromatic rings. The average Bonchev–Trinajstić information content (AvgIpc) is 2.72. The van der Waals surface area contributed by atoms with Gasteiger partial charge in [-0.1, -0.05) is 30.7 Å². The highest BCUT2D eigenvalue weighted by Gasteiger charge is 2.50. The van der Waals surface area contributed by atoms with E-state index in [-0.39, 0.29) is 18.9 Å². The highest BCUT2D eigenvalue weighted by Crippen LogP contribution is 2.34. The monoisotopic (exact) mass is 305 g/mol.